The topological polar surface area (TPSA) is 59.1 Å². The molecule has 0 saturated heterocycles. The summed E-state index contributed by atoms with van der Waals surface area (Å²) in [6, 6.07) is 15.5. The van der Waals surface area contributed by atoms with Gasteiger partial charge >= 0.3 is 0 Å². The van der Waals surface area contributed by atoms with Gasteiger partial charge in [-0.05, 0) is 66.1 Å². The second-order valence-electron chi connectivity index (χ2n) is 9.40. The minimum Gasteiger partial charge on any atom is -0.454 e. The van der Waals surface area contributed by atoms with Crippen molar-refractivity contribution < 1.29 is 19.1 Å². The van der Waals surface area contributed by atoms with E-state index in [0.717, 1.165) is 36.8 Å². The molecule has 1 atom stereocenters. The van der Waals surface area contributed by atoms with Gasteiger partial charge in [0, 0.05) is 23.5 Å². The van der Waals surface area contributed by atoms with E-state index >= 15 is 0 Å². The molecule has 7 heteroatoms. The van der Waals surface area contributed by atoms with Gasteiger partial charge in [-0.3, -0.25) is 9.59 Å². The van der Waals surface area contributed by atoms with Gasteiger partial charge in [0.15, 0.2) is 11.5 Å². The number of ether oxygens (including phenoxy) is 2. The maximum absolute atomic E-state index is 13.9. The second-order valence-corrected chi connectivity index (χ2v) is 10.4. The Hall–Kier alpha value is -3.32. The van der Waals surface area contributed by atoms with Crippen LogP contribution in [0.5, 0.6) is 11.5 Å². The summed E-state index contributed by atoms with van der Waals surface area (Å²) in [5.41, 5.74) is 4.02. The zero-order valence-electron chi connectivity index (χ0n) is 20.9. The molecule has 0 aliphatic carbocycles. The Morgan fingerprint density at radius 1 is 1.06 bits per heavy atom. The number of amides is 2. The molecular weight excluding hydrogens is 472 g/mol. The maximum atomic E-state index is 13.9. The average Bonchev–Trinajstić information content (AvgIpc) is 3.56. The number of fused-ring (bicyclic) bond motifs is 2. The number of thiophene rings is 1. The number of nitrogens with zero attached hydrogens (tertiary/aromatic N) is 2. The maximum Gasteiger partial charge on any atom is 0.254 e. The second kappa shape index (κ2) is 10.7. The predicted octanol–water partition coefficient (Wildman–Crippen LogP) is 5.59. The van der Waals surface area contributed by atoms with Gasteiger partial charge in [-0.2, -0.15) is 0 Å². The molecule has 0 bridgehead atoms. The van der Waals surface area contributed by atoms with E-state index in [2.05, 4.69) is 37.4 Å². The van der Waals surface area contributed by atoms with E-state index < -0.39 is 0 Å². The first kappa shape index (κ1) is 24.4. The number of hydrogen-bond acceptors (Lipinski definition) is 5. The number of benzene rings is 2. The lowest BCUT2D eigenvalue weighted by molar-refractivity contribution is -0.134. The molecular formula is C29H32N2O4S. The highest BCUT2D eigenvalue weighted by Gasteiger charge is 2.34. The van der Waals surface area contributed by atoms with Gasteiger partial charge in [-0.25, -0.2) is 0 Å². The first-order chi connectivity index (χ1) is 17.6. The predicted molar refractivity (Wildman–Crippen MR) is 141 cm³/mol. The summed E-state index contributed by atoms with van der Waals surface area (Å²) in [7, 11) is 0. The molecule has 36 heavy (non-hydrogen) atoms. The van der Waals surface area contributed by atoms with E-state index in [4.69, 9.17) is 9.47 Å². The van der Waals surface area contributed by atoms with Crippen LogP contribution in [0.1, 0.15) is 64.2 Å². The van der Waals surface area contributed by atoms with Crippen LogP contribution >= 0.6 is 11.3 Å². The first-order valence-corrected chi connectivity index (χ1v) is 13.5. The van der Waals surface area contributed by atoms with Gasteiger partial charge in [-0.15, -0.1) is 11.3 Å². The molecule has 5 rings (SSSR count). The summed E-state index contributed by atoms with van der Waals surface area (Å²) in [4.78, 5) is 32.5. The molecule has 3 heterocycles. The van der Waals surface area contributed by atoms with Crippen molar-refractivity contribution in [2.75, 3.05) is 26.4 Å². The van der Waals surface area contributed by atoms with Crippen LogP contribution in [0.25, 0.3) is 0 Å². The normalized spacial score (nSPS) is 16.1. The molecule has 2 amide bonds. The third kappa shape index (κ3) is 4.85. The van der Waals surface area contributed by atoms with Crippen LogP contribution in [0.3, 0.4) is 0 Å². The number of aryl methyl sites for hydroxylation is 1. The Kier molecular flexibility index (Phi) is 7.28. The smallest absolute Gasteiger partial charge is 0.254 e. The van der Waals surface area contributed by atoms with Crippen molar-refractivity contribution in [1.82, 2.24) is 9.80 Å². The first-order valence-electron chi connectivity index (χ1n) is 12.7. The molecule has 2 aromatic carbocycles. The number of rotatable bonds is 8. The lowest BCUT2D eigenvalue weighted by atomic mass is 9.90. The van der Waals surface area contributed by atoms with Crippen molar-refractivity contribution in [2.45, 2.75) is 45.6 Å². The summed E-state index contributed by atoms with van der Waals surface area (Å²) in [5.74, 6) is 1.03. The van der Waals surface area contributed by atoms with E-state index in [9.17, 15) is 9.59 Å². The van der Waals surface area contributed by atoms with Gasteiger partial charge in [0.05, 0.1) is 6.04 Å². The van der Waals surface area contributed by atoms with E-state index in [1.165, 1.54) is 10.4 Å². The van der Waals surface area contributed by atoms with Crippen LogP contribution in [0, 0.1) is 6.92 Å². The quantitative estimate of drug-likeness (QED) is 0.375. The van der Waals surface area contributed by atoms with Crippen molar-refractivity contribution in [1.29, 1.82) is 0 Å². The highest BCUT2D eigenvalue weighted by Crippen LogP contribution is 2.39. The molecule has 1 aromatic heterocycles. The van der Waals surface area contributed by atoms with E-state index in [-0.39, 0.29) is 31.2 Å². The van der Waals surface area contributed by atoms with Crippen LogP contribution in [0.15, 0.2) is 53.9 Å². The Morgan fingerprint density at radius 2 is 1.89 bits per heavy atom. The van der Waals surface area contributed by atoms with Gasteiger partial charge in [0.2, 0.25) is 12.7 Å². The van der Waals surface area contributed by atoms with Crippen LogP contribution in [-0.2, 0) is 11.2 Å². The van der Waals surface area contributed by atoms with E-state index in [1.807, 2.05) is 17.0 Å². The molecule has 2 aliphatic heterocycles. The molecule has 188 valence electrons. The van der Waals surface area contributed by atoms with Gasteiger partial charge in [0.1, 0.15) is 6.54 Å². The molecule has 3 aromatic rings. The van der Waals surface area contributed by atoms with E-state index in [1.54, 1.807) is 34.4 Å². The summed E-state index contributed by atoms with van der Waals surface area (Å²) in [6.07, 6.45) is 3.75. The third-order valence-electron chi connectivity index (χ3n) is 7.03. The summed E-state index contributed by atoms with van der Waals surface area (Å²) in [6.45, 7) is 5.63. The largest absolute Gasteiger partial charge is 0.454 e. The van der Waals surface area contributed by atoms with Crippen molar-refractivity contribution >= 4 is 23.2 Å². The molecule has 0 saturated carbocycles. The van der Waals surface area contributed by atoms with Crippen molar-refractivity contribution in [3.05, 3.63) is 81.0 Å². The Balaban J connectivity index is 1.41. The van der Waals surface area contributed by atoms with Gasteiger partial charge < -0.3 is 19.3 Å². The zero-order chi connectivity index (χ0) is 25.1. The molecule has 0 radical (unpaired) electrons. The van der Waals surface area contributed by atoms with Gasteiger partial charge in [-0.1, -0.05) is 44.0 Å². The third-order valence-corrected chi connectivity index (χ3v) is 8.03. The Morgan fingerprint density at radius 3 is 2.72 bits per heavy atom. The minimum absolute atomic E-state index is 0.0225. The number of carbonyl (C=O) groups is 2. The Labute approximate surface area is 216 Å². The number of hydrogen-bond donors (Lipinski definition) is 0. The van der Waals surface area contributed by atoms with Crippen molar-refractivity contribution in [2.24, 2.45) is 0 Å². The summed E-state index contributed by atoms with van der Waals surface area (Å²) in [5, 5.41) is 2.12. The fourth-order valence-corrected chi connectivity index (χ4v) is 5.99. The van der Waals surface area contributed by atoms with Crippen LogP contribution in [-0.4, -0.2) is 48.0 Å². The molecule has 0 fully saturated rings. The monoisotopic (exact) mass is 504 g/mol. The molecule has 2 aliphatic rings. The van der Waals surface area contributed by atoms with Crippen LogP contribution < -0.4 is 9.47 Å². The molecule has 0 spiro atoms. The average molecular weight is 505 g/mol. The fraction of sp³-hybridized carbons (Fsp3) is 0.379. The number of unbranched alkanes of at least 4 members (excludes halogenated alkanes) is 2. The molecule has 6 nitrogen and oxygen atoms in total. The zero-order valence-corrected chi connectivity index (χ0v) is 21.7. The van der Waals surface area contributed by atoms with Crippen LogP contribution in [0.4, 0.5) is 0 Å². The Bertz CT molecular complexity index is 1250. The molecule has 0 N–H and O–H groups in total. The summed E-state index contributed by atoms with van der Waals surface area (Å²) < 4.78 is 10.9. The lowest BCUT2D eigenvalue weighted by Gasteiger charge is -2.38. The molecule has 1 unspecified atom stereocenters. The highest BCUT2D eigenvalue weighted by molar-refractivity contribution is 7.10. The highest BCUT2D eigenvalue weighted by atomic mass is 32.1. The standard InChI is InChI=1S/C29H32N2O4S/c1-3-4-7-14-30(29(33)21-10-11-24-25(17-21)35-19-34-24)18-27(32)31-15-12-26-23(13-16-36-26)28(31)22-9-6-5-8-20(22)2/h5-6,8-11,13,16-17,28H,3-4,7,12,14-15,18-19H2,1-2H3. The van der Waals surface area contributed by atoms with Gasteiger partial charge in [0.25, 0.3) is 5.91 Å². The van der Waals surface area contributed by atoms with Crippen molar-refractivity contribution in [3.8, 4) is 11.5 Å². The van der Waals surface area contributed by atoms with Crippen molar-refractivity contribution in [3.63, 3.8) is 0 Å². The number of carbonyl (C=O) groups excluding carboxylic acids is 2. The van der Waals surface area contributed by atoms with Crippen LogP contribution in [0.2, 0.25) is 0 Å². The minimum atomic E-state index is -0.154. The lowest BCUT2D eigenvalue weighted by Crippen LogP contribution is -2.47. The van der Waals surface area contributed by atoms with E-state index in [0.29, 0.717) is 30.2 Å². The fourth-order valence-electron chi connectivity index (χ4n) is 5.09. The summed E-state index contributed by atoms with van der Waals surface area (Å²) >= 11 is 1.76. The SMILES string of the molecule is CCCCCN(CC(=O)N1CCc2sccc2C1c1ccccc1C)C(=O)c1ccc2c(c1)OCO2.